The molecule has 0 aliphatic rings. The van der Waals surface area contributed by atoms with Crippen LogP contribution in [-0.2, 0) is 33.2 Å². The predicted molar refractivity (Wildman–Crippen MR) is 201 cm³/mol. The summed E-state index contributed by atoms with van der Waals surface area (Å²) in [6, 6.07) is -0.572. The minimum absolute atomic E-state index is 0.155. The summed E-state index contributed by atoms with van der Waals surface area (Å²) >= 11 is 0. The van der Waals surface area contributed by atoms with Crippen LogP contribution in [0, 0.1) is 0 Å². The van der Waals surface area contributed by atoms with Gasteiger partial charge < -0.3 is 38.3 Å². The van der Waals surface area contributed by atoms with Crippen molar-refractivity contribution in [3.63, 3.8) is 0 Å². The zero-order chi connectivity index (χ0) is 66.4. The number of benzene rings is 2. The molecule has 15 nitrogen and oxygen atoms in total. The SMILES string of the molecule is CCOC(=O)c1cc(OC(F)(F)C(F)OC(F)(F)C(F)(F)C(F)(F)F)c(C(=O)OCC)cc1O.CCOC(=O)c1cc(OC(F)(F)C(F)OC(F)(F)C(F)(F)C(F)(F)F)c(C(=O)OCC)cc1OC(F)(F)C(F)OC(F)(F)C(F)(F)C(F)(F)F. The fraction of sp³-hybridized carbons (Fsp3) is 0.590. The summed E-state index contributed by atoms with van der Waals surface area (Å²) in [5.74, 6) is -36.0. The average molecular weight is 1310 g/mol. The van der Waals surface area contributed by atoms with Gasteiger partial charge in [-0.3, -0.25) is 14.2 Å². The molecule has 0 saturated carbocycles. The molecule has 0 aromatic heterocycles. The van der Waals surface area contributed by atoms with Crippen LogP contribution in [0.3, 0.4) is 0 Å². The molecule has 0 radical (unpaired) electrons. The molecular weight excluding hydrogens is 1280 g/mol. The molecule has 2 rings (SSSR count). The number of carbonyl (C=O) groups is 4. The van der Waals surface area contributed by atoms with E-state index >= 15 is 0 Å². The maximum absolute atomic E-state index is 14.4. The number of halogens is 30. The van der Waals surface area contributed by atoms with Gasteiger partial charge in [0.1, 0.15) is 45.3 Å². The molecule has 2 aromatic rings. The first-order chi connectivity index (χ1) is 37.4. The van der Waals surface area contributed by atoms with Crippen LogP contribution in [0.4, 0.5) is 132 Å². The molecule has 3 unspecified atom stereocenters. The molecule has 0 aliphatic heterocycles. The summed E-state index contributed by atoms with van der Waals surface area (Å²) in [6.07, 6.45) is -76.6. The monoisotopic (exact) mass is 1310 g/mol. The minimum atomic E-state index is -7.36. The van der Waals surface area contributed by atoms with E-state index in [0.717, 1.165) is 13.8 Å². The predicted octanol–water partition coefficient (Wildman–Crippen LogP) is 13.0. The molecule has 0 saturated heterocycles. The number of rotatable bonds is 26. The first-order valence-corrected chi connectivity index (χ1v) is 20.8. The van der Waals surface area contributed by atoms with Crippen molar-refractivity contribution < 1.29 is 203 Å². The van der Waals surface area contributed by atoms with Crippen molar-refractivity contribution in [2.45, 2.75) is 120 Å². The Hall–Kier alpha value is -6.70. The fourth-order valence-corrected chi connectivity index (χ4v) is 4.75. The van der Waals surface area contributed by atoms with Crippen molar-refractivity contribution in [2.24, 2.45) is 0 Å². The maximum Gasteiger partial charge on any atom is 0.462 e. The first kappa shape index (κ1) is 75.3. The largest absolute Gasteiger partial charge is 0.507 e. The van der Waals surface area contributed by atoms with Gasteiger partial charge in [-0.15, -0.1) is 0 Å². The van der Waals surface area contributed by atoms with Gasteiger partial charge in [0.25, 0.3) is 0 Å². The smallest absolute Gasteiger partial charge is 0.462 e. The number of phenols is 1. The third-order valence-electron chi connectivity index (χ3n) is 8.61. The fourth-order valence-electron chi connectivity index (χ4n) is 4.75. The normalized spacial score (nSPS) is 14.7. The molecule has 1 N–H and O–H groups in total. The highest BCUT2D eigenvalue weighted by Crippen LogP contribution is 2.52. The number of esters is 4. The Labute approximate surface area is 443 Å². The molecular formula is C39H28F30O15. The summed E-state index contributed by atoms with van der Waals surface area (Å²) < 4.78 is 429. The van der Waals surface area contributed by atoms with Crippen LogP contribution in [0.5, 0.6) is 23.0 Å². The standard InChI is InChI=1S/C22H14F20O8.C17H14F10O7/c1-3-45-11(43)7-5-10(48-16(27,28)14(24)50-22(41,42)18(31,32)20(36,37)38)8(12(44)46-4-2)6-9(7)47-15(25,26)13(23)49-21(39,40)17(29,30)19(33,34)35;1-3-31-11(29)7-6-10(8(5-9(7)28)12(30)32-4-2)33-14(19,20)13(18)34-17(26,27)15(21,22)16(23,24)25/h5-6,13-14H,3-4H2,1-2H3;5-6,13,28H,3-4H2,1-2H3. The maximum atomic E-state index is 14.4. The zero-order valence-corrected chi connectivity index (χ0v) is 40.4. The summed E-state index contributed by atoms with van der Waals surface area (Å²) in [4.78, 5) is 48.3. The quantitative estimate of drug-likeness (QED) is 0.0533. The van der Waals surface area contributed by atoms with E-state index in [2.05, 4.69) is 47.4 Å². The molecule has 0 heterocycles. The van der Waals surface area contributed by atoms with E-state index in [4.69, 9.17) is 0 Å². The van der Waals surface area contributed by atoms with Gasteiger partial charge in [0.15, 0.2) is 0 Å². The van der Waals surface area contributed by atoms with Crippen molar-refractivity contribution in [1.29, 1.82) is 0 Å². The van der Waals surface area contributed by atoms with Gasteiger partial charge in [0.2, 0.25) is 0 Å². The lowest BCUT2D eigenvalue weighted by molar-refractivity contribution is -0.460. The van der Waals surface area contributed by atoms with E-state index < -0.39 is 193 Å². The molecule has 84 heavy (non-hydrogen) atoms. The van der Waals surface area contributed by atoms with Gasteiger partial charge in [-0.2, -0.15) is 119 Å². The highest BCUT2D eigenvalue weighted by atomic mass is 19.4. The topological polar surface area (TPSA) is 181 Å². The summed E-state index contributed by atoms with van der Waals surface area (Å²) in [5, 5.41) is 9.82. The first-order valence-electron chi connectivity index (χ1n) is 20.8. The van der Waals surface area contributed by atoms with E-state index in [1.165, 1.54) is 13.8 Å². The van der Waals surface area contributed by atoms with Crippen LogP contribution in [0.15, 0.2) is 24.3 Å². The van der Waals surface area contributed by atoms with Crippen molar-refractivity contribution in [3.8, 4) is 23.0 Å². The number of hydrogen-bond acceptors (Lipinski definition) is 15. The highest BCUT2D eigenvalue weighted by molar-refractivity contribution is 5.99. The van der Waals surface area contributed by atoms with Gasteiger partial charge in [-0.05, 0) is 52.0 Å². The van der Waals surface area contributed by atoms with Gasteiger partial charge in [-0.25, -0.2) is 32.3 Å². The highest BCUT2D eigenvalue weighted by Gasteiger charge is 2.78. The van der Waals surface area contributed by atoms with Crippen molar-refractivity contribution in [2.75, 3.05) is 26.4 Å². The molecule has 45 heteroatoms. The van der Waals surface area contributed by atoms with E-state index in [0.29, 0.717) is 6.07 Å². The van der Waals surface area contributed by atoms with Crippen LogP contribution >= 0.6 is 0 Å². The molecule has 0 bridgehead atoms. The molecule has 0 fully saturated rings. The van der Waals surface area contributed by atoms with Crippen LogP contribution in [0.2, 0.25) is 0 Å². The molecule has 2 aromatic carbocycles. The van der Waals surface area contributed by atoms with Gasteiger partial charge >= 0.3 is 116 Å². The lowest BCUT2D eigenvalue weighted by Crippen LogP contribution is -2.56. The molecule has 0 aliphatic carbocycles. The van der Waals surface area contributed by atoms with E-state index in [9.17, 15) is 156 Å². The van der Waals surface area contributed by atoms with Crippen LogP contribution in [0.1, 0.15) is 69.1 Å². The van der Waals surface area contributed by atoms with Crippen LogP contribution < -0.4 is 14.2 Å². The third kappa shape index (κ3) is 17.2. The van der Waals surface area contributed by atoms with Crippen molar-refractivity contribution >= 4 is 23.9 Å². The van der Waals surface area contributed by atoms with E-state index in [1.54, 1.807) is 0 Å². The lowest BCUT2D eigenvalue weighted by atomic mass is 10.1. The second kappa shape index (κ2) is 26.3. The number of alkyl halides is 30. The second-order valence-electron chi connectivity index (χ2n) is 14.7. The number of phenolic OH excluding ortho intramolecular Hbond substituents is 1. The Kier molecular flexibility index (Phi) is 23.6. The minimum Gasteiger partial charge on any atom is -0.507 e. The Balaban J connectivity index is 0.000000903. The van der Waals surface area contributed by atoms with Crippen molar-refractivity contribution in [1.82, 2.24) is 0 Å². The molecule has 0 amide bonds. The van der Waals surface area contributed by atoms with E-state index in [-0.39, 0.29) is 12.7 Å². The average Bonchev–Trinajstić information content (AvgIpc) is 2.81. The second-order valence-corrected chi connectivity index (χ2v) is 14.7. The Morgan fingerprint density at radius 2 is 0.548 bits per heavy atom. The lowest BCUT2D eigenvalue weighted by Gasteiger charge is -2.31. The zero-order valence-electron chi connectivity index (χ0n) is 40.4. The molecule has 3 atom stereocenters. The molecule has 484 valence electrons. The summed E-state index contributed by atoms with van der Waals surface area (Å²) in [7, 11) is 0. The molecule has 0 spiro atoms. The third-order valence-corrected chi connectivity index (χ3v) is 8.61. The van der Waals surface area contributed by atoms with E-state index in [1.807, 2.05) is 0 Å². The summed E-state index contributed by atoms with van der Waals surface area (Å²) in [6.45, 7) is 1.91. The number of hydrogen-bond donors (Lipinski definition) is 1. The Morgan fingerprint density at radius 1 is 0.357 bits per heavy atom. The van der Waals surface area contributed by atoms with Crippen LogP contribution in [-0.4, -0.2) is 147 Å². The Morgan fingerprint density at radius 3 is 0.750 bits per heavy atom. The van der Waals surface area contributed by atoms with Gasteiger partial charge in [0, 0.05) is 0 Å². The Bertz CT molecular complexity index is 2500. The van der Waals surface area contributed by atoms with Crippen molar-refractivity contribution in [3.05, 3.63) is 46.5 Å². The number of aromatic hydroxyl groups is 1. The van der Waals surface area contributed by atoms with Gasteiger partial charge in [0.05, 0.1) is 26.4 Å². The number of carbonyl (C=O) groups excluding carboxylic acids is 4. The van der Waals surface area contributed by atoms with Gasteiger partial charge in [-0.1, -0.05) is 0 Å². The number of ether oxygens (including phenoxy) is 10. The van der Waals surface area contributed by atoms with Crippen LogP contribution in [0.25, 0.3) is 0 Å². The summed E-state index contributed by atoms with van der Waals surface area (Å²) in [5.41, 5.74) is -5.93.